The molecule has 0 bridgehead atoms. The fraction of sp³-hybridized carbons (Fsp3) is 0.583. The summed E-state index contributed by atoms with van der Waals surface area (Å²) in [6.45, 7) is 1.98. The summed E-state index contributed by atoms with van der Waals surface area (Å²) in [5, 5.41) is 3.18. The maximum Gasteiger partial charge on any atom is 0.395 e. The first-order valence-electron chi connectivity index (χ1n) is 6.02. The van der Waals surface area contributed by atoms with E-state index < -0.39 is 12.1 Å². The van der Waals surface area contributed by atoms with Crippen LogP contribution in [0.5, 0.6) is 0 Å². The van der Waals surface area contributed by atoms with Crippen molar-refractivity contribution >= 4 is 5.82 Å². The lowest BCUT2D eigenvalue weighted by Crippen LogP contribution is -2.53. The Bertz CT molecular complexity index is 419. The number of alkyl halides is 3. The maximum atomic E-state index is 12.4. The summed E-state index contributed by atoms with van der Waals surface area (Å²) in [6, 6.07) is 3.79. The number of halogens is 3. The Balaban J connectivity index is 1.61. The van der Waals surface area contributed by atoms with Crippen LogP contribution in [0.15, 0.2) is 18.3 Å². The summed E-state index contributed by atoms with van der Waals surface area (Å²) < 4.78 is 37.1. The molecule has 0 aliphatic carbocycles. The van der Waals surface area contributed by atoms with Crippen LogP contribution in [0.3, 0.4) is 0 Å². The Morgan fingerprint density at radius 3 is 2.39 bits per heavy atom. The lowest BCUT2D eigenvalue weighted by molar-refractivity contribution is -0.180. The Morgan fingerprint density at radius 2 is 1.94 bits per heavy atom. The van der Waals surface area contributed by atoms with Gasteiger partial charge in [0, 0.05) is 38.3 Å². The average molecular weight is 257 g/mol. The lowest BCUT2D eigenvalue weighted by Gasteiger charge is -2.41. The molecule has 0 amide bonds. The smallest absolute Gasteiger partial charge is 0.355 e. The fourth-order valence-corrected chi connectivity index (χ4v) is 2.22. The molecule has 98 valence electrons. The summed E-state index contributed by atoms with van der Waals surface area (Å²) in [6.07, 6.45) is -2.30. The average Bonchev–Trinajstić information content (AvgIpc) is 2.13. The van der Waals surface area contributed by atoms with E-state index in [1.807, 2.05) is 12.1 Å². The highest BCUT2D eigenvalue weighted by atomic mass is 19.4. The van der Waals surface area contributed by atoms with E-state index in [2.05, 4.69) is 10.3 Å². The van der Waals surface area contributed by atoms with E-state index in [1.165, 1.54) is 0 Å². The van der Waals surface area contributed by atoms with Crippen molar-refractivity contribution in [3.63, 3.8) is 0 Å². The van der Waals surface area contributed by atoms with Crippen LogP contribution in [0, 0.1) is 5.92 Å². The molecule has 6 heteroatoms. The van der Waals surface area contributed by atoms with Crippen LogP contribution >= 0.6 is 0 Å². The van der Waals surface area contributed by atoms with Crippen molar-refractivity contribution in [2.75, 3.05) is 31.1 Å². The van der Waals surface area contributed by atoms with Gasteiger partial charge in [0.2, 0.25) is 0 Å². The normalized spacial score (nSPS) is 21.6. The summed E-state index contributed by atoms with van der Waals surface area (Å²) in [7, 11) is 0. The maximum absolute atomic E-state index is 12.4. The van der Waals surface area contributed by atoms with Crippen LogP contribution in [0.25, 0.3) is 0 Å². The molecule has 3 heterocycles. The molecule has 0 spiro atoms. The fourth-order valence-electron chi connectivity index (χ4n) is 2.22. The molecular formula is C12H14F3N3. The molecule has 0 radical (unpaired) electrons. The van der Waals surface area contributed by atoms with Gasteiger partial charge in [-0.2, -0.15) is 13.2 Å². The molecule has 2 saturated heterocycles. The third kappa shape index (κ3) is 2.05. The number of anilines is 1. The molecule has 0 unspecified atom stereocenters. The van der Waals surface area contributed by atoms with E-state index in [0.29, 0.717) is 11.7 Å². The van der Waals surface area contributed by atoms with E-state index >= 15 is 0 Å². The van der Waals surface area contributed by atoms with E-state index in [1.54, 1.807) is 11.1 Å². The number of aromatic nitrogens is 1. The highest BCUT2D eigenvalue weighted by molar-refractivity contribution is 5.43. The van der Waals surface area contributed by atoms with E-state index in [-0.39, 0.29) is 13.1 Å². The van der Waals surface area contributed by atoms with Gasteiger partial charge >= 0.3 is 6.18 Å². The van der Waals surface area contributed by atoms with E-state index in [0.717, 1.165) is 18.7 Å². The zero-order valence-electron chi connectivity index (χ0n) is 9.74. The topological polar surface area (TPSA) is 28.2 Å². The minimum Gasteiger partial charge on any atom is -0.355 e. The third-order valence-electron chi connectivity index (χ3n) is 3.69. The second-order valence-corrected chi connectivity index (χ2v) is 4.95. The zero-order valence-corrected chi connectivity index (χ0v) is 9.74. The van der Waals surface area contributed by atoms with Crippen molar-refractivity contribution < 1.29 is 13.2 Å². The highest BCUT2D eigenvalue weighted by Crippen LogP contribution is 2.35. The standard InChI is InChI=1S/C12H14F3N3/c13-12(14,15)10-6-18(7-10)11-2-1-8(5-17-11)9-3-16-4-9/h1-2,5,9-10,16H,3-4,6-7H2. The summed E-state index contributed by atoms with van der Waals surface area (Å²) in [5.41, 5.74) is 1.16. The summed E-state index contributed by atoms with van der Waals surface area (Å²) in [5.74, 6) is -0.0489. The first kappa shape index (κ1) is 11.8. The van der Waals surface area contributed by atoms with Gasteiger partial charge in [-0.25, -0.2) is 4.98 Å². The van der Waals surface area contributed by atoms with Gasteiger partial charge in [0.05, 0.1) is 5.92 Å². The van der Waals surface area contributed by atoms with Crippen molar-refractivity contribution in [1.82, 2.24) is 10.3 Å². The Kier molecular flexibility index (Phi) is 2.69. The number of nitrogens with one attached hydrogen (secondary N) is 1. The van der Waals surface area contributed by atoms with Gasteiger partial charge in [0.1, 0.15) is 5.82 Å². The number of pyridine rings is 1. The van der Waals surface area contributed by atoms with Gasteiger partial charge in [-0.1, -0.05) is 6.07 Å². The van der Waals surface area contributed by atoms with Crippen LogP contribution in [-0.4, -0.2) is 37.3 Å². The van der Waals surface area contributed by atoms with Crippen LogP contribution in [-0.2, 0) is 0 Å². The zero-order chi connectivity index (χ0) is 12.8. The van der Waals surface area contributed by atoms with Crippen molar-refractivity contribution in [3.8, 4) is 0 Å². The lowest BCUT2D eigenvalue weighted by atomic mass is 9.95. The predicted molar refractivity (Wildman–Crippen MR) is 61.6 cm³/mol. The molecule has 3 nitrogen and oxygen atoms in total. The van der Waals surface area contributed by atoms with Gasteiger partial charge < -0.3 is 10.2 Å². The van der Waals surface area contributed by atoms with Crippen LogP contribution < -0.4 is 10.2 Å². The third-order valence-corrected chi connectivity index (χ3v) is 3.69. The Labute approximate surface area is 103 Å². The van der Waals surface area contributed by atoms with Crippen LogP contribution in [0.1, 0.15) is 11.5 Å². The molecule has 0 saturated carbocycles. The van der Waals surface area contributed by atoms with Crippen molar-refractivity contribution in [2.24, 2.45) is 5.92 Å². The predicted octanol–water partition coefficient (Wildman–Crippen LogP) is 1.77. The summed E-state index contributed by atoms with van der Waals surface area (Å²) in [4.78, 5) is 5.92. The first-order valence-corrected chi connectivity index (χ1v) is 6.02. The molecular weight excluding hydrogens is 243 g/mol. The van der Waals surface area contributed by atoms with Crippen LogP contribution in [0.4, 0.5) is 19.0 Å². The molecule has 2 aliphatic heterocycles. The number of hydrogen-bond acceptors (Lipinski definition) is 3. The second-order valence-electron chi connectivity index (χ2n) is 4.95. The SMILES string of the molecule is FC(F)(F)C1CN(c2ccc(C3CNC3)cn2)C1. The first-order chi connectivity index (χ1) is 8.54. The highest BCUT2D eigenvalue weighted by Gasteiger charge is 2.47. The van der Waals surface area contributed by atoms with Crippen molar-refractivity contribution in [3.05, 3.63) is 23.9 Å². The number of rotatable bonds is 2. The molecule has 3 rings (SSSR count). The van der Waals surface area contributed by atoms with Gasteiger partial charge in [0.15, 0.2) is 0 Å². The number of nitrogens with zero attached hydrogens (tertiary/aromatic N) is 2. The molecule has 1 N–H and O–H groups in total. The Hall–Kier alpha value is -1.30. The minimum atomic E-state index is -4.08. The molecule has 2 aliphatic rings. The van der Waals surface area contributed by atoms with E-state index in [4.69, 9.17) is 0 Å². The molecule has 0 aromatic carbocycles. The molecule has 1 aromatic rings. The van der Waals surface area contributed by atoms with Gasteiger partial charge in [0.25, 0.3) is 0 Å². The largest absolute Gasteiger partial charge is 0.395 e. The quantitative estimate of drug-likeness (QED) is 0.875. The van der Waals surface area contributed by atoms with Crippen molar-refractivity contribution in [1.29, 1.82) is 0 Å². The molecule has 0 atom stereocenters. The monoisotopic (exact) mass is 257 g/mol. The molecule has 2 fully saturated rings. The molecule has 1 aromatic heterocycles. The Morgan fingerprint density at radius 1 is 1.22 bits per heavy atom. The van der Waals surface area contributed by atoms with Crippen LogP contribution in [0.2, 0.25) is 0 Å². The summed E-state index contributed by atoms with van der Waals surface area (Å²) >= 11 is 0. The van der Waals surface area contributed by atoms with Crippen molar-refractivity contribution in [2.45, 2.75) is 12.1 Å². The van der Waals surface area contributed by atoms with Gasteiger partial charge in [-0.15, -0.1) is 0 Å². The molecule has 18 heavy (non-hydrogen) atoms. The van der Waals surface area contributed by atoms with Gasteiger partial charge in [-0.05, 0) is 11.6 Å². The second kappa shape index (κ2) is 4.12. The minimum absolute atomic E-state index is 0.0286. The van der Waals surface area contributed by atoms with E-state index in [9.17, 15) is 13.2 Å². The number of hydrogen-bond donors (Lipinski definition) is 1. The van der Waals surface area contributed by atoms with Gasteiger partial charge in [-0.3, -0.25) is 0 Å².